The highest BCUT2D eigenvalue weighted by Gasteiger charge is 2.44. The van der Waals surface area contributed by atoms with Crippen LogP contribution in [0.5, 0.6) is 17.2 Å². The first-order valence-electron chi connectivity index (χ1n) is 10.7. The van der Waals surface area contributed by atoms with Gasteiger partial charge in [-0.25, -0.2) is 0 Å². The van der Waals surface area contributed by atoms with Gasteiger partial charge in [-0.15, -0.1) is 0 Å². The van der Waals surface area contributed by atoms with Gasteiger partial charge in [-0.2, -0.15) is 0 Å². The van der Waals surface area contributed by atoms with E-state index in [1.807, 2.05) is 24.3 Å². The second-order valence-corrected chi connectivity index (χ2v) is 8.40. The van der Waals surface area contributed by atoms with Crippen LogP contribution in [0.2, 0.25) is 0 Å². The number of nitrogens with one attached hydrogen (secondary N) is 1. The predicted octanol–water partition coefficient (Wildman–Crippen LogP) is 2.81. The maximum atomic E-state index is 12.1. The molecule has 4 aliphatic heterocycles. The second-order valence-electron chi connectivity index (χ2n) is 8.40. The lowest BCUT2D eigenvalue weighted by Crippen LogP contribution is -2.49. The van der Waals surface area contributed by atoms with Crippen LogP contribution in [-0.2, 0) is 4.79 Å². The summed E-state index contributed by atoms with van der Waals surface area (Å²) in [7, 11) is 0. The van der Waals surface area contributed by atoms with E-state index in [4.69, 9.17) is 14.2 Å². The van der Waals surface area contributed by atoms with Gasteiger partial charge in [0.25, 0.3) is 0 Å². The van der Waals surface area contributed by atoms with E-state index >= 15 is 0 Å². The molecule has 0 spiro atoms. The average molecular weight is 407 g/mol. The van der Waals surface area contributed by atoms with E-state index in [-0.39, 0.29) is 12.7 Å². The summed E-state index contributed by atoms with van der Waals surface area (Å²) in [5, 5.41) is 3.04. The summed E-state index contributed by atoms with van der Waals surface area (Å²) < 4.78 is 16.7. The van der Waals surface area contributed by atoms with Crippen molar-refractivity contribution < 1.29 is 19.0 Å². The fraction of sp³-hybridized carbons (Fsp3) is 0.435. The molecule has 2 aromatic rings. The fourth-order valence-corrected chi connectivity index (χ4v) is 5.32. The SMILES string of the molecule is O=C1CN2c3c(cccc3[C@@H]3CN(CCCOc4ccc5c(c4)OCO5)CC[C@@H]32)N1. The van der Waals surface area contributed by atoms with Gasteiger partial charge in [-0.05, 0) is 36.6 Å². The van der Waals surface area contributed by atoms with Crippen molar-refractivity contribution in [2.45, 2.75) is 24.8 Å². The number of nitrogens with zero attached hydrogens (tertiary/aromatic N) is 2. The molecule has 156 valence electrons. The van der Waals surface area contributed by atoms with E-state index in [1.165, 1.54) is 11.3 Å². The molecule has 7 nitrogen and oxygen atoms in total. The molecule has 0 bridgehead atoms. The van der Waals surface area contributed by atoms with Crippen molar-refractivity contribution in [3.05, 3.63) is 42.0 Å². The summed E-state index contributed by atoms with van der Waals surface area (Å²) in [5.41, 5.74) is 3.61. The van der Waals surface area contributed by atoms with Crippen molar-refractivity contribution in [3.63, 3.8) is 0 Å². The van der Waals surface area contributed by atoms with Gasteiger partial charge in [0.05, 0.1) is 24.5 Å². The van der Waals surface area contributed by atoms with Crippen LogP contribution in [0.15, 0.2) is 36.4 Å². The Morgan fingerprint density at radius 3 is 3.07 bits per heavy atom. The third kappa shape index (κ3) is 2.96. The van der Waals surface area contributed by atoms with E-state index in [0.717, 1.165) is 55.4 Å². The van der Waals surface area contributed by atoms with Gasteiger partial charge in [-0.3, -0.25) is 4.79 Å². The monoisotopic (exact) mass is 407 g/mol. The first kappa shape index (κ1) is 17.9. The number of hydrogen-bond acceptors (Lipinski definition) is 6. The normalized spacial score (nSPS) is 23.7. The minimum Gasteiger partial charge on any atom is -0.493 e. The number of rotatable bonds is 5. The largest absolute Gasteiger partial charge is 0.493 e. The number of likely N-dealkylation sites (tertiary alicyclic amines) is 1. The van der Waals surface area contributed by atoms with Crippen molar-refractivity contribution in [2.24, 2.45) is 0 Å². The van der Waals surface area contributed by atoms with Gasteiger partial charge in [0.2, 0.25) is 12.7 Å². The molecule has 7 heteroatoms. The Morgan fingerprint density at radius 1 is 1.17 bits per heavy atom. The van der Waals surface area contributed by atoms with Gasteiger partial charge < -0.3 is 29.3 Å². The zero-order valence-electron chi connectivity index (χ0n) is 16.8. The zero-order chi connectivity index (χ0) is 20.1. The molecule has 0 aliphatic carbocycles. The molecule has 2 aromatic carbocycles. The van der Waals surface area contributed by atoms with Crippen LogP contribution in [0.3, 0.4) is 0 Å². The molecule has 0 radical (unpaired) electrons. The molecule has 2 atom stereocenters. The molecule has 1 fully saturated rings. The van der Waals surface area contributed by atoms with Gasteiger partial charge >= 0.3 is 0 Å². The van der Waals surface area contributed by atoms with Crippen LogP contribution < -0.4 is 24.4 Å². The first-order valence-corrected chi connectivity index (χ1v) is 10.7. The Kier molecular flexibility index (Phi) is 4.23. The van der Waals surface area contributed by atoms with Crippen molar-refractivity contribution in [1.82, 2.24) is 4.90 Å². The summed E-state index contributed by atoms with van der Waals surface area (Å²) in [6, 6.07) is 12.5. The molecule has 0 aromatic heterocycles. The van der Waals surface area contributed by atoms with E-state index in [0.29, 0.717) is 25.1 Å². The molecule has 4 heterocycles. The lowest BCUT2D eigenvalue weighted by molar-refractivity contribution is -0.115. The van der Waals surface area contributed by atoms with Crippen LogP contribution >= 0.6 is 0 Å². The topological polar surface area (TPSA) is 63.3 Å². The summed E-state index contributed by atoms with van der Waals surface area (Å²) in [5.74, 6) is 2.92. The Morgan fingerprint density at radius 2 is 2.10 bits per heavy atom. The number of para-hydroxylation sites is 1. The van der Waals surface area contributed by atoms with Crippen LogP contribution in [0.25, 0.3) is 0 Å². The van der Waals surface area contributed by atoms with Crippen LogP contribution in [0.1, 0.15) is 24.3 Å². The smallest absolute Gasteiger partial charge is 0.243 e. The molecular weight excluding hydrogens is 382 g/mol. The number of piperidine rings is 1. The molecular formula is C23H25N3O4. The minimum absolute atomic E-state index is 0.100. The van der Waals surface area contributed by atoms with Crippen molar-refractivity contribution in [3.8, 4) is 17.2 Å². The molecule has 4 aliphatic rings. The second kappa shape index (κ2) is 7.09. The van der Waals surface area contributed by atoms with E-state index in [9.17, 15) is 4.79 Å². The number of benzene rings is 2. The summed E-state index contributed by atoms with van der Waals surface area (Å²) >= 11 is 0. The first-order chi connectivity index (χ1) is 14.8. The van der Waals surface area contributed by atoms with Gasteiger partial charge in [0.1, 0.15) is 5.75 Å². The fourth-order valence-electron chi connectivity index (χ4n) is 5.32. The summed E-state index contributed by atoms with van der Waals surface area (Å²) in [6.45, 7) is 4.55. The molecule has 1 amide bonds. The van der Waals surface area contributed by atoms with Crippen molar-refractivity contribution in [2.75, 3.05) is 49.8 Å². The maximum absolute atomic E-state index is 12.1. The van der Waals surface area contributed by atoms with E-state index in [2.05, 4.69) is 27.2 Å². The van der Waals surface area contributed by atoms with Crippen LogP contribution in [0, 0.1) is 0 Å². The molecule has 6 rings (SSSR count). The quantitative estimate of drug-likeness (QED) is 0.769. The number of ether oxygens (including phenoxy) is 3. The highest BCUT2D eigenvalue weighted by molar-refractivity contribution is 6.03. The van der Waals surface area contributed by atoms with Gasteiger partial charge in [0, 0.05) is 37.7 Å². The number of fused-ring (bicyclic) bond motifs is 4. The molecule has 30 heavy (non-hydrogen) atoms. The van der Waals surface area contributed by atoms with E-state index in [1.54, 1.807) is 0 Å². The lowest BCUT2D eigenvalue weighted by Gasteiger charge is -2.39. The maximum Gasteiger partial charge on any atom is 0.243 e. The number of anilines is 2. The summed E-state index contributed by atoms with van der Waals surface area (Å²) in [6.07, 6.45) is 2.07. The van der Waals surface area contributed by atoms with E-state index < -0.39 is 0 Å². The molecule has 1 N–H and O–H groups in total. The number of amides is 1. The standard InChI is InChI=1S/C23H25N3O4/c27-22-13-26-19-7-9-25(12-17(19)16-3-1-4-18(24-22)23(16)26)8-2-10-28-15-5-6-20-21(11-15)30-14-29-20/h1,3-6,11,17,19H,2,7-10,12-14H2,(H,24,27)/t17-,19-/m0/s1. The number of carbonyl (C=O) groups is 1. The van der Waals surface area contributed by atoms with Crippen molar-refractivity contribution in [1.29, 1.82) is 0 Å². The Labute approximate surface area is 175 Å². The van der Waals surface area contributed by atoms with Gasteiger partial charge in [-0.1, -0.05) is 12.1 Å². The lowest BCUT2D eigenvalue weighted by atomic mass is 9.89. The third-order valence-corrected chi connectivity index (χ3v) is 6.63. The molecule has 0 saturated carbocycles. The van der Waals surface area contributed by atoms with Crippen LogP contribution in [0.4, 0.5) is 11.4 Å². The summed E-state index contributed by atoms with van der Waals surface area (Å²) in [4.78, 5) is 17.0. The van der Waals surface area contributed by atoms with Crippen molar-refractivity contribution >= 4 is 17.3 Å². The predicted molar refractivity (Wildman–Crippen MR) is 113 cm³/mol. The highest BCUT2D eigenvalue weighted by Crippen LogP contribution is 2.49. The third-order valence-electron chi connectivity index (χ3n) is 6.63. The number of hydrogen-bond donors (Lipinski definition) is 1. The van der Waals surface area contributed by atoms with Crippen LogP contribution in [-0.4, -0.2) is 56.4 Å². The highest BCUT2D eigenvalue weighted by atomic mass is 16.7. The zero-order valence-corrected chi connectivity index (χ0v) is 16.8. The average Bonchev–Trinajstić information content (AvgIpc) is 3.35. The minimum atomic E-state index is 0.100. The Bertz CT molecular complexity index is 994. The Balaban J connectivity index is 1.06. The molecule has 0 unspecified atom stereocenters. The molecule has 1 saturated heterocycles. The number of carbonyl (C=O) groups excluding carboxylic acids is 1. The van der Waals surface area contributed by atoms with Gasteiger partial charge in [0.15, 0.2) is 11.5 Å². The Hall–Kier alpha value is -2.93.